The molecule has 31 heavy (non-hydrogen) atoms. The first-order valence-electron chi connectivity index (χ1n) is 8.86. The Labute approximate surface area is 185 Å². The van der Waals surface area contributed by atoms with E-state index in [1.165, 1.54) is 31.5 Å². The lowest BCUT2D eigenvalue weighted by Crippen LogP contribution is -2.07. The number of methoxy groups -OCH3 is 1. The number of ether oxygens (including phenoxy) is 1. The average Bonchev–Trinajstić information content (AvgIpc) is 2.69. The van der Waals surface area contributed by atoms with Crippen LogP contribution in [0.3, 0.4) is 0 Å². The molecule has 3 N–H and O–H groups in total. The number of nitrogens with one attached hydrogen (secondary N) is 2. The van der Waals surface area contributed by atoms with Crippen LogP contribution in [0.5, 0.6) is 5.75 Å². The number of aromatic nitrogens is 2. The number of halogens is 1. The molecule has 0 aliphatic rings. The van der Waals surface area contributed by atoms with Gasteiger partial charge in [0.1, 0.15) is 22.8 Å². The maximum atomic E-state index is 12.3. The minimum atomic E-state index is -4.45. The van der Waals surface area contributed by atoms with Crippen molar-refractivity contribution in [3.05, 3.63) is 53.7 Å². The molecule has 0 unspecified atom stereocenters. The standard InChI is InChI=1S/C19H20ClN4O5PS/c1-29-16-10-12(30(2,3)25)8-9-14(16)23-19-21-11-13(20)18(24-19)22-15-6-4-5-7-17(15)31(26,27)28/h4-11H,1-3H3,(H,26,27,28)(H2,21,22,23,24). The highest BCUT2D eigenvalue weighted by Gasteiger charge is 2.18. The van der Waals surface area contributed by atoms with Crippen molar-refractivity contribution >= 4 is 57.3 Å². The molecule has 9 nitrogen and oxygen atoms in total. The van der Waals surface area contributed by atoms with Gasteiger partial charge in [-0.25, -0.2) is 4.98 Å². The second kappa shape index (κ2) is 8.84. The van der Waals surface area contributed by atoms with Crippen LogP contribution in [0.2, 0.25) is 5.02 Å². The van der Waals surface area contributed by atoms with Gasteiger partial charge in [0.15, 0.2) is 5.82 Å². The largest absolute Gasteiger partial charge is 0.495 e. The van der Waals surface area contributed by atoms with E-state index in [-0.39, 0.29) is 27.4 Å². The Bertz CT molecular complexity index is 1280. The molecule has 0 bridgehead atoms. The zero-order chi connectivity index (χ0) is 22.8. The Balaban J connectivity index is 1.94. The molecular formula is C19H20ClN4O5PS. The van der Waals surface area contributed by atoms with E-state index >= 15 is 0 Å². The lowest BCUT2D eigenvalue weighted by molar-refractivity contribution is 0.417. The molecule has 0 spiro atoms. The topological polar surface area (TPSA) is 131 Å². The van der Waals surface area contributed by atoms with E-state index in [0.717, 1.165) is 0 Å². The number of hydrogen-bond acceptors (Lipinski definition) is 8. The van der Waals surface area contributed by atoms with Crippen LogP contribution >= 0.6 is 18.7 Å². The predicted octanol–water partition coefficient (Wildman–Crippen LogP) is 4.12. The predicted molar refractivity (Wildman–Crippen MR) is 122 cm³/mol. The normalized spacial score (nSPS) is 11.8. The first-order chi connectivity index (χ1) is 14.5. The molecule has 164 valence electrons. The minimum Gasteiger partial charge on any atom is -0.495 e. The summed E-state index contributed by atoms with van der Waals surface area (Å²) in [5, 5.41) is 6.60. The number of nitrogens with zero attached hydrogens (tertiary/aromatic N) is 2. The number of para-hydroxylation sites is 1. The summed E-state index contributed by atoms with van der Waals surface area (Å²) in [6, 6.07) is 10.9. The van der Waals surface area contributed by atoms with E-state index in [4.69, 9.17) is 16.3 Å². The maximum absolute atomic E-state index is 12.3. The van der Waals surface area contributed by atoms with Gasteiger partial charge in [0.25, 0.3) is 10.1 Å². The zero-order valence-corrected chi connectivity index (χ0v) is 19.3. The van der Waals surface area contributed by atoms with E-state index in [0.29, 0.717) is 16.7 Å². The molecule has 3 rings (SSSR count). The van der Waals surface area contributed by atoms with E-state index in [2.05, 4.69) is 20.6 Å². The van der Waals surface area contributed by atoms with E-state index in [1.807, 2.05) is 0 Å². The van der Waals surface area contributed by atoms with Gasteiger partial charge in [0, 0.05) is 5.30 Å². The Morgan fingerprint density at radius 3 is 2.45 bits per heavy atom. The third kappa shape index (κ3) is 5.54. The van der Waals surface area contributed by atoms with Crippen molar-refractivity contribution in [2.45, 2.75) is 4.90 Å². The van der Waals surface area contributed by atoms with Crippen molar-refractivity contribution in [2.75, 3.05) is 31.1 Å². The van der Waals surface area contributed by atoms with Crippen LogP contribution < -0.4 is 20.7 Å². The monoisotopic (exact) mass is 482 g/mol. The molecule has 0 radical (unpaired) electrons. The number of hydrogen-bond donors (Lipinski definition) is 3. The van der Waals surface area contributed by atoms with Crippen LogP contribution in [0.15, 0.2) is 53.6 Å². The first kappa shape index (κ1) is 23.0. The molecule has 12 heteroatoms. The molecule has 0 saturated heterocycles. The van der Waals surface area contributed by atoms with Crippen LogP contribution in [0.25, 0.3) is 0 Å². The highest BCUT2D eigenvalue weighted by Crippen LogP contribution is 2.38. The van der Waals surface area contributed by atoms with Crippen LogP contribution in [0, 0.1) is 0 Å². The summed E-state index contributed by atoms with van der Waals surface area (Å²) in [4.78, 5) is 8.08. The first-order valence-corrected chi connectivity index (χ1v) is 13.3. The molecular weight excluding hydrogens is 463 g/mol. The number of anilines is 4. The molecule has 0 amide bonds. The van der Waals surface area contributed by atoms with Crippen molar-refractivity contribution in [1.29, 1.82) is 0 Å². The third-order valence-electron chi connectivity index (χ3n) is 4.22. The Hall–Kier alpha value is -2.65. The van der Waals surface area contributed by atoms with E-state index in [1.54, 1.807) is 37.6 Å². The second-order valence-electron chi connectivity index (χ2n) is 6.85. The number of rotatable bonds is 7. The zero-order valence-electron chi connectivity index (χ0n) is 16.8. The highest BCUT2D eigenvalue weighted by atomic mass is 35.5. The smallest absolute Gasteiger partial charge is 0.296 e. The summed E-state index contributed by atoms with van der Waals surface area (Å²) in [5.41, 5.74) is 0.631. The van der Waals surface area contributed by atoms with Crippen molar-refractivity contribution < 1.29 is 22.3 Å². The summed E-state index contributed by atoms with van der Waals surface area (Å²) in [5.74, 6) is 0.724. The maximum Gasteiger partial charge on any atom is 0.296 e. The Morgan fingerprint density at radius 2 is 1.81 bits per heavy atom. The minimum absolute atomic E-state index is 0.0973. The molecule has 1 aromatic heterocycles. The fourth-order valence-electron chi connectivity index (χ4n) is 2.68. The van der Waals surface area contributed by atoms with Crippen LogP contribution in [0.1, 0.15) is 0 Å². The van der Waals surface area contributed by atoms with Crippen LogP contribution in [-0.2, 0) is 14.7 Å². The van der Waals surface area contributed by atoms with Gasteiger partial charge in [0.05, 0.1) is 24.7 Å². The van der Waals surface area contributed by atoms with Gasteiger partial charge in [-0.2, -0.15) is 13.4 Å². The van der Waals surface area contributed by atoms with Gasteiger partial charge in [-0.05, 0) is 43.7 Å². The van der Waals surface area contributed by atoms with E-state index in [9.17, 15) is 17.5 Å². The average molecular weight is 483 g/mol. The molecule has 0 aliphatic heterocycles. The second-order valence-corrected chi connectivity index (χ2v) is 11.9. The Kier molecular flexibility index (Phi) is 6.56. The summed E-state index contributed by atoms with van der Waals surface area (Å²) < 4.78 is 50.3. The molecule has 3 aromatic rings. The Morgan fingerprint density at radius 1 is 1.10 bits per heavy atom. The molecule has 0 saturated carbocycles. The van der Waals surface area contributed by atoms with Crippen molar-refractivity contribution in [3.63, 3.8) is 0 Å². The van der Waals surface area contributed by atoms with Crippen molar-refractivity contribution in [1.82, 2.24) is 9.97 Å². The van der Waals surface area contributed by atoms with Gasteiger partial charge < -0.3 is 19.9 Å². The SMILES string of the molecule is COc1cc(P(C)(C)=O)ccc1Nc1ncc(Cl)c(Nc2ccccc2S(=O)(=O)O)n1. The van der Waals surface area contributed by atoms with Gasteiger partial charge in [-0.15, -0.1) is 0 Å². The van der Waals surface area contributed by atoms with Crippen molar-refractivity contribution in [2.24, 2.45) is 0 Å². The van der Waals surface area contributed by atoms with Gasteiger partial charge in [-0.1, -0.05) is 23.7 Å². The van der Waals surface area contributed by atoms with Crippen LogP contribution in [0.4, 0.5) is 23.1 Å². The fourth-order valence-corrected chi connectivity index (χ4v) is 4.32. The fraction of sp³-hybridized carbons (Fsp3) is 0.158. The highest BCUT2D eigenvalue weighted by molar-refractivity contribution is 7.86. The summed E-state index contributed by atoms with van der Waals surface area (Å²) in [6.07, 6.45) is 1.34. The lowest BCUT2D eigenvalue weighted by atomic mass is 10.3. The number of benzene rings is 2. The van der Waals surface area contributed by atoms with Gasteiger partial charge in [0.2, 0.25) is 5.95 Å². The molecule has 2 aromatic carbocycles. The molecule has 0 atom stereocenters. The van der Waals surface area contributed by atoms with Gasteiger partial charge >= 0.3 is 0 Å². The summed E-state index contributed by atoms with van der Waals surface area (Å²) >= 11 is 6.16. The molecule has 0 fully saturated rings. The van der Waals surface area contributed by atoms with Gasteiger partial charge in [-0.3, -0.25) is 4.55 Å². The van der Waals surface area contributed by atoms with Crippen LogP contribution in [-0.4, -0.2) is 43.4 Å². The van der Waals surface area contributed by atoms with E-state index < -0.39 is 17.3 Å². The summed E-state index contributed by atoms with van der Waals surface area (Å²) in [6.45, 7) is 3.33. The quantitative estimate of drug-likeness (QED) is 0.336. The molecule has 0 aliphatic carbocycles. The molecule has 1 heterocycles. The summed E-state index contributed by atoms with van der Waals surface area (Å²) in [7, 11) is -5.43. The lowest BCUT2D eigenvalue weighted by Gasteiger charge is -2.15. The van der Waals surface area contributed by atoms with Crippen molar-refractivity contribution in [3.8, 4) is 5.75 Å². The third-order valence-corrected chi connectivity index (χ3v) is 6.93.